The summed E-state index contributed by atoms with van der Waals surface area (Å²) in [6, 6.07) is 9.38. The molecule has 2 rings (SSSR count). The Hall–Kier alpha value is -1.88. The Balaban J connectivity index is 2.19. The highest BCUT2D eigenvalue weighted by Crippen LogP contribution is 2.28. The van der Waals surface area contributed by atoms with Gasteiger partial charge in [0.1, 0.15) is 0 Å². The van der Waals surface area contributed by atoms with E-state index in [1.807, 2.05) is 6.07 Å². The van der Waals surface area contributed by atoms with Crippen LogP contribution in [0.15, 0.2) is 34.8 Å². The monoisotopic (exact) mass is 348 g/mol. The number of aryl methyl sites for hydroxylation is 3. The van der Waals surface area contributed by atoms with Crippen LogP contribution in [0.1, 0.15) is 22.3 Å². The van der Waals surface area contributed by atoms with Gasteiger partial charge in [-0.25, -0.2) is 0 Å². The maximum Gasteiger partial charge on any atom is 0.285 e. The molecule has 0 saturated carbocycles. The SMILES string of the molecule is Cc1cc(C)c(CNc2ccc(Br)c([N+](=O)[O-])c2)cc1C. The van der Waals surface area contributed by atoms with Crippen molar-refractivity contribution >= 4 is 27.3 Å². The van der Waals surface area contributed by atoms with E-state index in [0.717, 1.165) is 5.69 Å². The van der Waals surface area contributed by atoms with Crippen LogP contribution in [-0.2, 0) is 6.54 Å². The minimum absolute atomic E-state index is 0.0665. The van der Waals surface area contributed by atoms with Crippen LogP contribution in [0.4, 0.5) is 11.4 Å². The van der Waals surface area contributed by atoms with E-state index in [1.165, 1.54) is 22.3 Å². The van der Waals surface area contributed by atoms with Crippen LogP contribution >= 0.6 is 15.9 Å². The topological polar surface area (TPSA) is 55.2 Å². The van der Waals surface area contributed by atoms with Crippen molar-refractivity contribution in [2.75, 3.05) is 5.32 Å². The number of benzene rings is 2. The lowest BCUT2D eigenvalue weighted by atomic mass is 10.0. The molecule has 0 bridgehead atoms. The van der Waals surface area contributed by atoms with Gasteiger partial charge in [0.25, 0.3) is 5.69 Å². The van der Waals surface area contributed by atoms with E-state index < -0.39 is 4.92 Å². The van der Waals surface area contributed by atoms with Crippen molar-refractivity contribution in [3.8, 4) is 0 Å². The predicted molar refractivity (Wildman–Crippen MR) is 88.8 cm³/mol. The van der Waals surface area contributed by atoms with Gasteiger partial charge in [0.05, 0.1) is 9.40 Å². The average Bonchev–Trinajstić information content (AvgIpc) is 2.42. The number of hydrogen-bond donors (Lipinski definition) is 1. The van der Waals surface area contributed by atoms with Gasteiger partial charge in [-0.3, -0.25) is 10.1 Å². The minimum atomic E-state index is -0.392. The van der Waals surface area contributed by atoms with Crippen LogP contribution < -0.4 is 5.32 Å². The lowest BCUT2D eigenvalue weighted by Gasteiger charge is -2.12. The lowest BCUT2D eigenvalue weighted by Crippen LogP contribution is -2.03. The standard InChI is InChI=1S/C16H17BrN2O2/c1-10-6-12(3)13(7-11(10)2)9-18-14-4-5-15(17)16(8-14)19(20)21/h4-8,18H,9H2,1-3H3. The Labute approximate surface area is 132 Å². The van der Waals surface area contributed by atoms with E-state index in [9.17, 15) is 10.1 Å². The van der Waals surface area contributed by atoms with Crippen LogP contribution in [0.25, 0.3) is 0 Å². The Morgan fingerprint density at radius 3 is 2.43 bits per heavy atom. The van der Waals surface area contributed by atoms with Gasteiger partial charge in [-0.2, -0.15) is 0 Å². The van der Waals surface area contributed by atoms with E-state index in [4.69, 9.17) is 0 Å². The second kappa shape index (κ2) is 6.26. The first-order valence-electron chi connectivity index (χ1n) is 6.63. The van der Waals surface area contributed by atoms with Gasteiger partial charge in [-0.05, 0) is 71.1 Å². The third-order valence-electron chi connectivity index (χ3n) is 3.58. The van der Waals surface area contributed by atoms with Crippen molar-refractivity contribution in [3.05, 3.63) is 67.2 Å². The van der Waals surface area contributed by atoms with Crippen molar-refractivity contribution in [1.82, 2.24) is 0 Å². The van der Waals surface area contributed by atoms with E-state index >= 15 is 0 Å². The summed E-state index contributed by atoms with van der Waals surface area (Å²) in [7, 11) is 0. The maximum absolute atomic E-state index is 10.9. The molecule has 0 spiro atoms. The molecule has 0 radical (unpaired) electrons. The fraction of sp³-hybridized carbons (Fsp3) is 0.250. The van der Waals surface area contributed by atoms with E-state index in [1.54, 1.807) is 12.1 Å². The molecule has 1 N–H and O–H groups in total. The molecule has 0 amide bonds. The van der Waals surface area contributed by atoms with Crippen LogP contribution in [0.5, 0.6) is 0 Å². The Morgan fingerprint density at radius 2 is 1.76 bits per heavy atom. The van der Waals surface area contributed by atoms with Gasteiger partial charge in [0.2, 0.25) is 0 Å². The van der Waals surface area contributed by atoms with Crippen molar-refractivity contribution in [2.24, 2.45) is 0 Å². The number of anilines is 1. The van der Waals surface area contributed by atoms with Gasteiger partial charge in [0.15, 0.2) is 0 Å². The highest BCUT2D eigenvalue weighted by Gasteiger charge is 2.12. The Kier molecular flexibility index (Phi) is 4.63. The minimum Gasteiger partial charge on any atom is -0.381 e. The van der Waals surface area contributed by atoms with Crippen molar-refractivity contribution in [1.29, 1.82) is 0 Å². The van der Waals surface area contributed by atoms with Crippen LogP contribution in [0.3, 0.4) is 0 Å². The molecule has 2 aromatic rings. The summed E-state index contributed by atoms with van der Waals surface area (Å²) in [5.41, 5.74) is 5.75. The number of nitrogens with one attached hydrogen (secondary N) is 1. The smallest absolute Gasteiger partial charge is 0.285 e. The normalized spacial score (nSPS) is 10.5. The molecule has 21 heavy (non-hydrogen) atoms. The number of nitro groups is 1. The predicted octanol–water partition coefficient (Wildman–Crippen LogP) is 4.89. The van der Waals surface area contributed by atoms with Crippen LogP contribution in [-0.4, -0.2) is 4.92 Å². The van der Waals surface area contributed by atoms with Crippen molar-refractivity contribution in [2.45, 2.75) is 27.3 Å². The summed E-state index contributed by atoms with van der Waals surface area (Å²) in [5.74, 6) is 0. The van der Waals surface area contributed by atoms with Crippen LogP contribution in [0, 0.1) is 30.9 Å². The molecule has 0 aliphatic heterocycles. The van der Waals surface area contributed by atoms with Gasteiger partial charge in [-0.15, -0.1) is 0 Å². The van der Waals surface area contributed by atoms with Crippen molar-refractivity contribution in [3.63, 3.8) is 0 Å². The van der Waals surface area contributed by atoms with Crippen molar-refractivity contribution < 1.29 is 4.92 Å². The Morgan fingerprint density at radius 1 is 1.10 bits per heavy atom. The second-order valence-corrected chi connectivity index (χ2v) is 5.99. The molecule has 0 atom stereocenters. The molecule has 4 nitrogen and oxygen atoms in total. The first-order valence-corrected chi connectivity index (χ1v) is 7.42. The largest absolute Gasteiger partial charge is 0.381 e. The molecule has 2 aromatic carbocycles. The zero-order chi connectivity index (χ0) is 15.6. The van der Waals surface area contributed by atoms with Crippen LogP contribution in [0.2, 0.25) is 0 Å². The summed E-state index contributed by atoms with van der Waals surface area (Å²) < 4.78 is 0.486. The van der Waals surface area contributed by atoms with E-state index in [-0.39, 0.29) is 5.69 Å². The van der Waals surface area contributed by atoms with E-state index in [2.05, 4.69) is 54.2 Å². The lowest BCUT2D eigenvalue weighted by molar-refractivity contribution is -0.385. The highest BCUT2D eigenvalue weighted by molar-refractivity contribution is 9.10. The number of nitrogens with zero attached hydrogens (tertiary/aromatic N) is 1. The third-order valence-corrected chi connectivity index (χ3v) is 4.25. The summed E-state index contributed by atoms with van der Waals surface area (Å²) in [6.07, 6.45) is 0. The summed E-state index contributed by atoms with van der Waals surface area (Å²) in [5, 5.41) is 14.2. The summed E-state index contributed by atoms with van der Waals surface area (Å²) in [6.45, 7) is 6.90. The number of rotatable bonds is 4. The zero-order valence-electron chi connectivity index (χ0n) is 12.2. The van der Waals surface area contributed by atoms with Gasteiger partial charge in [0, 0.05) is 18.3 Å². The third kappa shape index (κ3) is 3.61. The van der Waals surface area contributed by atoms with Gasteiger partial charge in [-0.1, -0.05) is 12.1 Å². The second-order valence-electron chi connectivity index (χ2n) is 5.14. The molecular formula is C16H17BrN2O2. The molecule has 0 heterocycles. The highest BCUT2D eigenvalue weighted by atomic mass is 79.9. The molecule has 0 aliphatic carbocycles. The molecule has 0 aliphatic rings. The summed E-state index contributed by atoms with van der Waals surface area (Å²) >= 11 is 3.19. The molecule has 0 unspecified atom stereocenters. The Bertz CT molecular complexity index is 699. The molecule has 110 valence electrons. The average molecular weight is 349 g/mol. The van der Waals surface area contributed by atoms with E-state index in [0.29, 0.717) is 11.0 Å². The quantitative estimate of drug-likeness (QED) is 0.631. The number of hydrogen-bond acceptors (Lipinski definition) is 3. The maximum atomic E-state index is 10.9. The van der Waals surface area contributed by atoms with Gasteiger partial charge < -0.3 is 5.32 Å². The number of halogens is 1. The fourth-order valence-corrected chi connectivity index (χ4v) is 2.56. The molecule has 5 heteroatoms. The molecule has 0 aromatic heterocycles. The zero-order valence-corrected chi connectivity index (χ0v) is 13.8. The first kappa shape index (κ1) is 15.5. The van der Waals surface area contributed by atoms with Gasteiger partial charge >= 0.3 is 0 Å². The molecular weight excluding hydrogens is 332 g/mol. The first-order chi connectivity index (χ1) is 9.88. The fourth-order valence-electron chi connectivity index (χ4n) is 2.17. The number of nitro benzene ring substituents is 1. The summed E-state index contributed by atoms with van der Waals surface area (Å²) in [4.78, 5) is 10.5. The molecule has 0 saturated heterocycles. The molecule has 0 fully saturated rings.